The van der Waals surface area contributed by atoms with Gasteiger partial charge in [0.1, 0.15) is 6.54 Å². The van der Waals surface area contributed by atoms with Crippen LogP contribution in [0.2, 0.25) is 0 Å². The number of hydrazine groups is 1. The zero-order valence-electron chi connectivity index (χ0n) is 18.4. The predicted molar refractivity (Wildman–Crippen MR) is 134 cm³/mol. The number of phenolic OH excluding ortho intramolecular Hbond substituents is 1. The quantitative estimate of drug-likeness (QED) is 0.159. The average Bonchev–Trinajstić information content (AvgIpc) is 3.24. The van der Waals surface area contributed by atoms with Crippen molar-refractivity contribution >= 4 is 29.9 Å². The summed E-state index contributed by atoms with van der Waals surface area (Å²) in [5.74, 6) is 4.06. The number of esters is 1. The van der Waals surface area contributed by atoms with Crippen molar-refractivity contribution in [3.63, 3.8) is 0 Å². The number of carbonyl (C=O) groups excluding carboxylic acids is 1. The van der Waals surface area contributed by atoms with Crippen LogP contribution in [0.15, 0.2) is 76.8 Å². The van der Waals surface area contributed by atoms with E-state index < -0.39 is 11.8 Å². The minimum absolute atomic E-state index is 0.0444. The van der Waals surface area contributed by atoms with Crippen LogP contribution in [0.25, 0.3) is 10.4 Å². The monoisotopic (exact) mass is 492 g/mol. The number of aromatic hydroxyl groups is 1. The van der Waals surface area contributed by atoms with E-state index in [4.69, 9.17) is 22.4 Å². The van der Waals surface area contributed by atoms with Gasteiger partial charge in [-0.15, -0.1) is 24.0 Å². The van der Waals surface area contributed by atoms with Crippen LogP contribution >= 0.6 is 24.0 Å². The van der Waals surface area contributed by atoms with E-state index in [1.165, 1.54) is 35.9 Å². The minimum atomic E-state index is -0.560. The largest absolute Gasteiger partial charge is 0.505 e. The molecule has 178 valence electrons. The zero-order valence-corrected chi connectivity index (χ0v) is 20.2. The molecule has 3 rings (SSSR count). The molecule has 0 bridgehead atoms. The second-order valence-electron chi connectivity index (χ2n) is 6.62. The first-order chi connectivity index (χ1) is 15.7. The van der Waals surface area contributed by atoms with Gasteiger partial charge in [-0.3, -0.25) is 4.79 Å². The lowest BCUT2D eigenvalue weighted by atomic mass is 10.2. The molecule has 1 heterocycles. The van der Waals surface area contributed by atoms with Crippen molar-refractivity contribution in [3.8, 4) is 16.2 Å². The second-order valence-corrected chi connectivity index (χ2v) is 8.48. The van der Waals surface area contributed by atoms with Gasteiger partial charge in [0.15, 0.2) is 11.6 Å². The highest BCUT2D eigenvalue weighted by Crippen LogP contribution is 2.29. The third-order valence-corrected chi connectivity index (χ3v) is 5.22. The molecule has 0 aliphatic heterocycles. The van der Waals surface area contributed by atoms with E-state index in [9.17, 15) is 9.18 Å². The second kappa shape index (κ2) is 14.9. The number of benzene rings is 2. The maximum absolute atomic E-state index is 12.3. The molecular formula is C23H29FN4O3S2. The molecular weight excluding hydrogens is 463 g/mol. The molecule has 33 heavy (non-hydrogen) atoms. The summed E-state index contributed by atoms with van der Waals surface area (Å²) in [7, 11) is 1.28. The van der Waals surface area contributed by atoms with Crippen LogP contribution in [-0.2, 0) is 9.53 Å². The number of aryl methyl sites for hydroxylation is 1. The van der Waals surface area contributed by atoms with Gasteiger partial charge in [0, 0.05) is 23.3 Å². The molecule has 0 atom stereocenters. The Hall–Kier alpha value is -3.05. The predicted octanol–water partition coefficient (Wildman–Crippen LogP) is 3.64. The Labute approximate surface area is 202 Å². The molecule has 0 aliphatic rings. The number of hydrogen-bond acceptors (Lipinski definition) is 9. The highest BCUT2D eigenvalue weighted by atomic mass is 32.2. The summed E-state index contributed by atoms with van der Waals surface area (Å²) >= 11 is 5.98. The van der Waals surface area contributed by atoms with Crippen molar-refractivity contribution in [1.82, 2.24) is 5.01 Å². The molecule has 0 unspecified atom stereocenters. The van der Waals surface area contributed by atoms with E-state index in [0.29, 0.717) is 5.70 Å². The summed E-state index contributed by atoms with van der Waals surface area (Å²) in [6.45, 7) is 1.93. The topological polar surface area (TPSA) is 128 Å². The number of hydrogen-bond donors (Lipinski definition) is 5. The Kier molecular flexibility index (Phi) is 12.6. The third-order valence-electron chi connectivity index (χ3n) is 3.86. The van der Waals surface area contributed by atoms with Crippen molar-refractivity contribution in [3.05, 3.63) is 83.9 Å². The first-order valence-corrected chi connectivity index (χ1v) is 11.0. The lowest BCUT2D eigenvalue weighted by Crippen LogP contribution is -2.33. The highest BCUT2D eigenvalue weighted by molar-refractivity contribution is 7.83. The van der Waals surface area contributed by atoms with E-state index >= 15 is 0 Å². The molecule has 3 aromatic rings. The number of ether oxygens (including phenoxy) is 1. The average molecular weight is 493 g/mol. The van der Waals surface area contributed by atoms with Gasteiger partial charge in [-0.2, -0.15) is 0 Å². The van der Waals surface area contributed by atoms with Crippen molar-refractivity contribution < 1.29 is 19.0 Å². The maximum atomic E-state index is 12.3. The lowest BCUT2D eigenvalue weighted by Gasteiger charge is -2.12. The first-order valence-electron chi connectivity index (χ1n) is 9.70. The van der Waals surface area contributed by atoms with Crippen molar-refractivity contribution in [1.29, 1.82) is 0 Å². The van der Waals surface area contributed by atoms with Crippen LogP contribution in [0, 0.1) is 12.7 Å². The van der Waals surface area contributed by atoms with Crippen molar-refractivity contribution in [2.24, 2.45) is 17.3 Å². The van der Waals surface area contributed by atoms with Crippen LogP contribution in [0.1, 0.15) is 5.56 Å². The van der Waals surface area contributed by atoms with E-state index in [2.05, 4.69) is 35.6 Å². The number of phenols is 1. The Morgan fingerprint density at radius 1 is 1.21 bits per heavy atom. The van der Waals surface area contributed by atoms with Crippen LogP contribution in [0.5, 0.6) is 5.75 Å². The maximum Gasteiger partial charge on any atom is 0.326 e. The fraction of sp³-hybridized carbons (Fsp3) is 0.174. The van der Waals surface area contributed by atoms with Gasteiger partial charge in [0.25, 0.3) is 0 Å². The number of carbonyl (C=O) groups is 1. The molecule has 0 saturated heterocycles. The summed E-state index contributed by atoms with van der Waals surface area (Å²) in [6.07, 6.45) is 1.39. The van der Waals surface area contributed by atoms with Crippen LogP contribution in [0.3, 0.4) is 0 Å². The number of rotatable bonds is 5. The van der Waals surface area contributed by atoms with Gasteiger partial charge in [0.05, 0.1) is 11.3 Å². The number of methoxy groups -OCH3 is 1. The molecule has 0 radical (unpaired) electrons. The third kappa shape index (κ3) is 11.4. The summed E-state index contributed by atoms with van der Waals surface area (Å²) in [5.41, 5.74) is 13.0. The van der Waals surface area contributed by atoms with Crippen molar-refractivity contribution in [2.45, 2.75) is 11.1 Å². The number of nitrogens with two attached hydrogens (primary N) is 3. The standard InChI is InChI=1S/C10H8S2.C7H7FO.C6H14N4O2/c11-10-7-6-9(12-10)8-4-2-1-3-5-8;1-5-2-3-7(9)6(8)4-5;1-12-6(11)4-10(9)3-5(8)2-7/h1-7,11H;2-4,9H,1H3;3H,2,4,7-9H2,1H3/b;;5-3-. The van der Waals surface area contributed by atoms with E-state index in [1.54, 1.807) is 24.3 Å². The molecule has 0 amide bonds. The molecule has 0 fully saturated rings. The fourth-order valence-corrected chi connectivity index (χ4v) is 3.34. The molecule has 0 spiro atoms. The molecule has 10 heteroatoms. The van der Waals surface area contributed by atoms with Gasteiger partial charge in [0.2, 0.25) is 0 Å². The molecule has 1 aromatic heterocycles. The van der Waals surface area contributed by atoms with Gasteiger partial charge in [-0.05, 0) is 42.3 Å². The fourth-order valence-electron chi connectivity index (χ4n) is 2.22. The molecule has 0 aliphatic carbocycles. The number of nitrogens with zero attached hydrogens (tertiary/aromatic N) is 1. The van der Waals surface area contributed by atoms with Crippen LogP contribution in [0.4, 0.5) is 4.39 Å². The smallest absolute Gasteiger partial charge is 0.326 e. The van der Waals surface area contributed by atoms with E-state index in [1.807, 2.05) is 24.3 Å². The van der Waals surface area contributed by atoms with Gasteiger partial charge >= 0.3 is 5.97 Å². The van der Waals surface area contributed by atoms with E-state index in [0.717, 1.165) is 14.8 Å². The Morgan fingerprint density at radius 2 is 1.88 bits per heavy atom. The van der Waals surface area contributed by atoms with Crippen LogP contribution < -0.4 is 17.3 Å². The number of halogens is 1. The Morgan fingerprint density at radius 3 is 2.36 bits per heavy atom. The zero-order chi connectivity index (χ0) is 24.8. The summed E-state index contributed by atoms with van der Waals surface area (Å²) in [5, 5.41) is 9.79. The van der Waals surface area contributed by atoms with Gasteiger partial charge < -0.3 is 26.3 Å². The summed E-state index contributed by atoms with van der Waals surface area (Å²) in [6, 6.07) is 18.7. The Balaban J connectivity index is 0.000000250. The number of thiol groups is 1. The normalized spacial score (nSPS) is 10.3. The van der Waals surface area contributed by atoms with E-state index in [-0.39, 0.29) is 18.8 Å². The van der Waals surface area contributed by atoms with Crippen molar-refractivity contribution in [2.75, 3.05) is 20.2 Å². The molecule has 2 aromatic carbocycles. The van der Waals surface area contributed by atoms with Crippen LogP contribution in [-0.4, -0.2) is 36.3 Å². The SMILES string of the molecule is COC(=O)CN(N)/C=C(\N)CN.Cc1ccc(O)c(F)c1.Sc1ccc(-c2ccccc2)s1. The van der Waals surface area contributed by atoms with Gasteiger partial charge in [-0.1, -0.05) is 36.4 Å². The lowest BCUT2D eigenvalue weighted by molar-refractivity contribution is -0.141. The van der Waals surface area contributed by atoms with Gasteiger partial charge in [-0.25, -0.2) is 10.2 Å². The molecule has 7 nitrogen and oxygen atoms in total. The Bertz CT molecular complexity index is 1030. The molecule has 0 saturated carbocycles. The first kappa shape index (κ1) is 28.0. The highest BCUT2D eigenvalue weighted by Gasteiger charge is 2.03. The minimum Gasteiger partial charge on any atom is -0.505 e. The summed E-state index contributed by atoms with van der Waals surface area (Å²) in [4.78, 5) is 11.9. The number of thiophene rings is 1. The molecule has 7 N–H and O–H groups in total. The summed E-state index contributed by atoms with van der Waals surface area (Å²) < 4.78 is 17.8.